The first-order chi connectivity index (χ1) is 18.9. The van der Waals surface area contributed by atoms with Crippen molar-refractivity contribution in [3.05, 3.63) is 77.0 Å². The lowest BCUT2D eigenvalue weighted by molar-refractivity contribution is -0.143. The van der Waals surface area contributed by atoms with Crippen LogP contribution in [0, 0.1) is 0 Å². The summed E-state index contributed by atoms with van der Waals surface area (Å²) in [4.78, 5) is 21.1. The molecule has 2 aromatic carbocycles. The Morgan fingerprint density at radius 3 is 2.17 bits per heavy atom. The molecule has 1 amide bonds. The van der Waals surface area contributed by atoms with Gasteiger partial charge < -0.3 is 14.4 Å². The molecule has 2 fully saturated rings. The average Bonchev–Trinajstić information content (AvgIpc) is 3.15. The maximum absolute atomic E-state index is 13.5. The number of aromatic nitrogens is 1. The third-order valence-corrected chi connectivity index (χ3v) is 7.19. The molecular weight excluding hydrogens is 540 g/mol. The van der Waals surface area contributed by atoms with Crippen LogP contribution in [0.5, 0.6) is 5.75 Å². The number of hydrogen-bond donors (Lipinski definition) is 0. The quantitative estimate of drug-likeness (QED) is 0.299. The van der Waals surface area contributed by atoms with Crippen LogP contribution in [-0.4, -0.2) is 42.2 Å². The highest BCUT2D eigenvalue weighted by Gasteiger charge is 2.43. The number of pyridine rings is 1. The summed E-state index contributed by atoms with van der Waals surface area (Å²) in [5.41, 5.74) is -1.46. The number of nitrogens with zero attached hydrogens (tertiary/aromatic N) is 3. The number of anilines is 1. The van der Waals surface area contributed by atoms with E-state index in [0.29, 0.717) is 40.5 Å². The SMILES string of the molecule is COc1ccccc1-c1ccc(N2CCC2)nc1CN1C(=O)O[C@H](c2cc(C(F)(F)F)cc(C(F)(F)F)c2)C1C. The van der Waals surface area contributed by atoms with Gasteiger partial charge in [-0.3, -0.25) is 4.90 Å². The van der Waals surface area contributed by atoms with E-state index < -0.39 is 47.3 Å². The Kier molecular flexibility index (Phi) is 7.05. The smallest absolute Gasteiger partial charge is 0.416 e. The van der Waals surface area contributed by atoms with Crippen molar-refractivity contribution in [2.45, 2.75) is 44.4 Å². The molecule has 6 nitrogen and oxygen atoms in total. The number of ether oxygens (including phenoxy) is 2. The zero-order chi connectivity index (χ0) is 28.8. The van der Waals surface area contributed by atoms with Crippen molar-refractivity contribution in [1.82, 2.24) is 9.88 Å². The monoisotopic (exact) mass is 565 g/mol. The third-order valence-electron chi connectivity index (χ3n) is 7.19. The van der Waals surface area contributed by atoms with Crippen LogP contribution < -0.4 is 9.64 Å². The molecule has 1 aromatic heterocycles. The van der Waals surface area contributed by atoms with Crippen LogP contribution in [0.15, 0.2) is 54.6 Å². The average molecular weight is 566 g/mol. The van der Waals surface area contributed by atoms with Gasteiger partial charge in [-0.25, -0.2) is 9.78 Å². The van der Waals surface area contributed by atoms with Gasteiger partial charge in [-0.2, -0.15) is 26.3 Å². The first-order valence-corrected chi connectivity index (χ1v) is 12.5. The van der Waals surface area contributed by atoms with Gasteiger partial charge in [0.1, 0.15) is 17.7 Å². The van der Waals surface area contributed by atoms with E-state index in [1.165, 1.54) is 18.9 Å². The maximum Gasteiger partial charge on any atom is 0.416 e. The number of methoxy groups -OCH3 is 1. The molecule has 2 aliphatic heterocycles. The zero-order valence-electron chi connectivity index (χ0n) is 21.5. The normalized spacial score (nSPS) is 19.4. The van der Waals surface area contributed by atoms with Crippen molar-refractivity contribution in [1.29, 1.82) is 0 Å². The Morgan fingerprint density at radius 1 is 0.950 bits per heavy atom. The Labute approximate surface area is 226 Å². The minimum absolute atomic E-state index is 0.0490. The molecule has 0 N–H and O–H groups in total. The van der Waals surface area contributed by atoms with Gasteiger partial charge in [0.15, 0.2) is 0 Å². The predicted molar refractivity (Wildman–Crippen MR) is 134 cm³/mol. The molecule has 212 valence electrons. The standard InChI is InChI=1S/C28H25F6N3O3/c1-16-25(17-12-18(27(29,30)31)14-19(13-17)28(32,33)34)40-26(38)37(16)15-22-20(21-6-3-4-7-23(21)39-2)8-9-24(35-22)36-10-5-11-36/h3-4,6-9,12-14,16,25H,5,10-11,15H2,1-2H3/t16?,25-/m0/s1. The van der Waals surface area contributed by atoms with E-state index in [1.807, 2.05) is 24.3 Å². The van der Waals surface area contributed by atoms with Crippen LogP contribution in [0.3, 0.4) is 0 Å². The second kappa shape index (κ2) is 10.2. The fourth-order valence-electron chi connectivity index (χ4n) is 4.91. The number of alkyl halides is 6. The lowest BCUT2D eigenvalue weighted by Crippen LogP contribution is -2.38. The summed E-state index contributed by atoms with van der Waals surface area (Å²) >= 11 is 0. The molecule has 0 radical (unpaired) electrons. The van der Waals surface area contributed by atoms with Crippen molar-refractivity contribution < 1.29 is 40.6 Å². The topological polar surface area (TPSA) is 54.9 Å². The highest BCUT2D eigenvalue weighted by Crippen LogP contribution is 2.42. The van der Waals surface area contributed by atoms with Crippen LogP contribution in [0.25, 0.3) is 11.1 Å². The van der Waals surface area contributed by atoms with E-state index in [-0.39, 0.29) is 12.6 Å². The van der Waals surface area contributed by atoms with E-state index in [2.05, 4.69) is 4.90 Å². The summed E-state index contributed by atoms with van der Waals surface area (Å²) in [7, 11) is 1.52. The lowest BCUT2D eigenvalue weighted by Gasteiger charge is -2.33. The number of benzene rings is 2. The molecule has 2 saturated heterocycles. The summed E-state index contributed by atoms with van der Waals surface area (Å²) < 4.78 is 91.6. The third kappa shape index (κ3) is 5.26. The Morgan fingerprint density at radius 2 is 1.60 bits per heavy atom. The number of para-hydroxylation sites is 1. The Hall–Kier alpha value is -3.96. The largest absolute Gasteiger partial charge is 0.496 e. The van der Waals surface area contributed by atoms with Gasteiger partial charge in [0.2, 0.25) is 0 Å². The summed E-state index contributed by atoms with van der Waals surface area (Å²) in [6.45, 7) is 3.07. The van der Waals surface area contributed by atoms with Gasteiger partial charge in [0.25, 0.3) is 0 Å². The maximum atomic E-state index is 13.5. The number of hydrogen-bond acceptors (Lipinski definition) is 5. The lowest BCUT2D eigenvalue weighted by atomic mass is 9.97. The van der Waals surface area contributed by atoms with Gasteiger partial charge in [-0.15, -0.1) is 0 Å². The molecule has 1 unspecified atom stereocenters. The fraction of sp³-hybridized carbons (Fsp3) is 0.357. The highest BCUT2D eigenvalue weighted by atomic mass is 19.4. The molecule has 3 heterocycles. The molecule has 12 heteroatoms. The predicted octanol–water partition coefficient (Wildman–Crippen LogP) is 7.09. The molecule has 0 saturated carbocycles. The summed E-state index contributed by atoms with van der Waals surface area (Å²) in [6.07, 6.45) is -11.3. The summed E-state index contributed by atoms with van der Waals surface area (Å²) in [6, 6.07) is 11.3. The van der Waals surface area contributed by atoms with Crippen LogP contribution in [0.1, 0.15) is 41.8 Å². The van der Waals surface area contributed by atoms with Crippen molar-refractivity contribution in [2.24, 2.45) is 0 Å². The van der Waals surface area contributed by atoms with Crippen LogP contribution in [-0.2, 0) is 23.6 Å². The first kappa shape index (κ1) is 27.6. The van der Waals surface area contributed by atoms with Gasteiger partial charge in [-0.1, -0.05) is 18.2 Å². The molecule has 2 aliphatic rings. The zero-order valence-corrected chi connectivity index (χ0v) is 21.5. The molecule has 0 aliphatic carbocycles. The van der Waals surface area contributed by atoms with E-state index in [0.717, 1.165) is 19.5 Å². The minimum atomic E-state index is -5.02. The van der Waals surface area contributed by atoms with E-state index in [1.54, 1.807) is 12.1 Å². The second-order valence-electron chi connectivity index (χ2n) is 9.72. The number of carbonyl (C=O) groups is 1. The second-order valence-corrected chi connectivity index (χ2v) is 9.72. The van der Waals surface area contributed by atoms with Crippen LogP contribution >= 0.6 is 0 Å². The van der Waals surface area contributed by atoms with Crippen LogP contribution in [0.2, 0.25) is 0 Å². The number of carbonyl (C=O) groups excluding carboxylic acids is 1. The number of halogens is 6. The van der Waals surface area contributed by atoms with Gasteiger partial charge in [-0.05, 0) is 55.3 Å². The Balaban J connectivity index is 1.52. The molecule has 40 heavy (non-hydrogen) atoms. The molecule has 3 aromatic rings. The highest BCUT2D eigenvalue weighted by molar-refractivity contribution is 5.75. The number of rotatable bonds is 6. The first-order valence-electron chi connectivity index (χ1n) is 12.5. The molecule has 0 bridgehead atoms. The molecule has 5 rings (SSSR count). The van der Waals surface area contributed by atoms with Crippen molar-refractivity contribution in [3.8, 4) is 16.9 Å². The van der Waals surface area contributed by atoms with Gasteiger partial charge in [0, 0.05) is 24.2 Å². The van der Waals surface area contributed by atoms with Gasteiger partial charge >= 0.3 is 18.4 Å². The van der Waals surface area contributed by atoms with Gasteiger partial charge in [0.05, 0.1) is 36.5 Å². The van der Waals surface area contributed by atoms with E-state index in [9.17, 15) is 31.1 Å². The van der Waals surface area contributed by atoms with Crippen LogP contribution in [0.4, 0.5) is 37.0 Å². The molecule has 2 atom stereocenters. The number of cyclic esters (lactones) is 1. The minimum Gasteiger partial charge on any atom is -0.496 e. The molecular formula is C28H25F6N3O3. The van der Waals surface area contributed by atoms with E-state index >= 15 is 0 Å². The Bertz CT molecular complexity index is 1390. The summed E-state index contributed by atoms with van der Waals surface area (Å²) in [5, 5.41) is 0. The van der Waals surface area contributed by atoms with Crippen molar-refractivity contribution in [3.63, 3.8) is 0 Å². The van der Waals surface area contributed by atoms with E-state index in [4.69, 9.17) is 14.5 Å². The summed E-state index contributed by atoms with van der Waals surface area (Å²) in [5.74, 6) is 1.27. The van der Waals surface area contributed by atoms with Crippen molar-refractivity contribution >= 4 is 11.9 Å². The fourth-order valence-corrected chi connectivity index (χ4v) is 4.91. The van der Waals surface area contributed by atoms with Crippen molar-refractivity contribution in [2.75, 3.05) is 25.1 Å². The molecule has 0 spiro atoms. The number of amides is 1.